The van der Waals surface area contributed by atoms with E-state index in [0.29, 0.717) is 23.1 Å². The summed E-state index contributed by atoms with van der Waals surface area (Å²) in [5, 5.41) is 0. The molecule has 3 aromatic carbocycles. The van der Waals surface area contributed by atoms with E-state index in [1.807, 2.05) is 0 Å². The Balaban J connectivity index is 1.54. The van der Waals surface area contributed by atoms with Crippen molar-refractivity contribution in [3.05, 3.63) is 101 Å². The standard InChI is InChI=1S/C26H18F5N3O3S/c27-17-4-1-15(2-5-17)23-11-16(26(29,30)31)3-7-20(23)21-9-10-37-24-12-19(6-8-22(21)24)38(35,36)34-25-32-13-18(28)14-33-25/h1-8,11-14,21H,9-10H2,(H,32,33,34). The molecule has 2 heterocycles. The minimum atomic E-state index is -4.58. The van der Waals surface area contributed by atoms with Crippen LogP contribution in [0.4, 0.5) is 27.9 Å². The van der Waals surface area contributed by atoms with Gasteiger partial charge in [-0.05, 0) is 53.4 Å². The second kappa shape index (κ2) is 9.67. The number of ether oxygens (including phenoxy) is 1. The summed E-state index contributed by atoms with van der Waals surface area (Å²) in [5.41, 5.74) is 0.982. The molecular weight excluding hydrogens is 529 g/mol. The predicted octanol–water partition coefficient (Wildman–Crippen LogP) is 6.16. The normalized spacial score (nSPS) is 15.4. The Hall–Kier alpha value is -4.06. The topological polar surface area (TPSA) is 81.2 Å². The number of fused-ring (bicyclic) bond motifs is 1. The zero-order valence-corrected chi connectivity index (χ0v) is 20.2. The molecule has 0 fully saturated rings. The minimum absolute atomic E-state index is 0.170. The molecule has 5 rings (SSSR count). The summed E-state index contributed by atoms with van der Waals surface area (Å²) in [7, 11) is -4.16. The lowest BCUT2D eigenvalue weighted by Crippen LogP contribution is -2.19. The van der Waals surface area contributed by atoms with Crippen LogP contribution in [0.3, 0.4) is 0 Å². The van der Waals surface area contributed by atoms with Crippen LogP contribution in [0, 0.1) is 11.6 Å². The van der Waals surface area contributed by atoms with Gasteiger partial charge in [0.2, 0.25) is 5.95 Å². The first-order valence-electron chi connectivity index (χ1n) is 11.3. The molecule has 0 spiro atoms. The monoisotopic (exact) mass is 547 g/mol. The van der Waals surface area contributed by atoms with Gasteiger partial charge in [-0.3, -0.25) is 0 Å². The molecule has 12 heteroatoms. The summed E-state index contributed by atoms with van der Waals surface area (Å²) in [5.74, 6) is -1.76. The molecule has 1 atom stereocenters. The minimum Gasteiger partial charge on any atom is -0.493 e. The molecule has 1 N–H and O–H groups in total. The molecule has 6 nitrogen and oxygen atoms in total. The Morgan fingerprint density at radius 3 is 2.24 bits per heavy atom. The molecule has 0 radical (unpaired) electrons. The second-order valence-electron chi connectivity index (χ2n) is 8.53. The molecule has 38 heavy (non-hydrogen) atoms. The van der Waals surface area contributed by atoms with Gasteiger partial charge in [0, 0.05) is 17.5 Å². The van der Waals surface area contributed by atoms with E-state index in [4.69, 9.17) is 4.74 Å². The zero-order chi connectivity index (χ0) is 27.1. The summed E-state index contributed by atoms with van der Waals surface area (Å²) in [4.78, 5) is 7.00. The number of aromatic nitrogens is 2. The number of halogens is 5. The third-order valence-electron chi connectivity index (χ3n) is 6.09. The van der Waals surface area contributed by atoms with Crippen molar-refractivity contribution in [3.63, 3.8) is 0 Å². The molecule has 4 aromatic rings. The average molecular weight is 548 g/mol. The molecule has 1 aliphatic rings. The van der Waals surface area contributed by atoms with Crippen LogP contribution in [-0.2, 0) is 16.2 Å². The second-order valence-corrected chi connectivity index (χ2v) is 10.2. The molecule has 0 saturated carbocycles. The number of alkyl halides is 3. The van der Waals surface area contributed by atoms with Gasteiger partial charge in [0.05, 0.1) is 29.5 Å². The Labute approximate surface area is 214 Å². The van der Waals surface area contributed by atoms with E-state index in [1.54, 1.807) is 0 Å². The fourth-order valence-electron chi connectivity index (χ4n) is 4.32. The quantitative estimate of drug-likeness (QED) is 0.303. The van der Waals surface area contributed by atoms with Gasteiger partial charge in [0.15, 0.2) is 5.82 Å². The average Bonchev–Trinajstić information content (AvgIpc) is 2.89. The number of hydrogen-bond acceptors (Lipinski definition) is 5. The highest BCUT2D eigenvalue weighted by molar-refractivity contribution is 7.92. The lowest BCUT2D eigenvalue weighted by atomic mass is 9.82. The Morgan fingerprint density at radius 2 is 1.55 bits per heavy atom. The van der Waals surface area contributed by atoms with Crippen molar-refractivity contribution in [2.75, 3.05) is 11.3 Å². The summed E-state index contributed by atoms with van der Waals surface area (Å²) >= 11 is 0. The number of hydrogen-bond donors (Lipinski definition) is 1. The van der Waals surface area contributed by atoms with E-state index in [-0.39, 0.29) is 28.8 Å². The lowest BCUT2D eigenvalue weighted by Gasteiger charge is -2.29. The Morgan fingerprint density at radius 1 is 0.868 bits per heavy atom. The van der Waals surface area contributed by atoms with Crippen molar-refractivity contribution in [2.45, 2.75) is 23.4 Å². The fourth-order valence-corrected chi connectivity index (χ4v) is 5.29. The zero-order valence-electron chi connectivity index (χ0n) is 19.3. The first-order chi connectivity index (χ1) is 18.0. The molecule has 1 aliphatic heterocycles. The Kier molecular flexibility index (Phi) is 6.51. The van der Waals surface area contributed by atoms with Crippen molar-refractivity contribution < 1.29 is 35.1 Å². The third-order valence-corrected chi connectivity index (χ3v) is 7.42. The lowest BCUT2D eigenvalue weighted by molar-refractivity contribution is -0.137. The van der Waals surface area contributed by atoms with Gasteiger partial charge in [-0.1, -0.05) is 24.3 Å². The van der Waals surface area contributed by atoms with Gasteiger partial charge in [-0.2, -0.15) is 13.2 Å². The summed E-state index contributed by atoms with van der Waals surface area (Å²) < 4.78 is 101. The maximum Gasteiger partial charge on any atom is 0.416 e. The van der Waals surface area contributed by atoms with Crippen molar-refractivity contribution in [2.24, 2.45) is 0 Å². The molecule has 0 saturated heterocycles. The van der Waals surface area contributed by atoms with Crippen LogP contribution in [0.1, 0.15) is 29.0 Å². The van der Waals surface area contributed by atoms with E-state index in [0.717, 1.165) is 24.5 Å². The van der Waals surface area contributed by atoms with Gasteiger partial charge in [0.1, 0.15) is 11.6 Å². The first kappa shape index (κ1) is 25.6. The molecule has 196 valence electrons. The highest BCUT2D eigenvalue weighted by atomic mass is 32.2. The summed E-state index contributed by atoms with van der Waals surface area (Å²) in [6.45, 7) is 0.180. The van der Waals surface area contributed by atoms with E-state index in [9.17, 15) is 30.4 Å². The smallest absolute Gasteiger partial charge is 0.416 e. The van der Waals surface area contributed by atoms with Gasteiger partial charge in [0.25, 0.3) is 10.0 Å². The summed E-state index contributed by atoms with van der Waals surface area (Å²) in [6.07, 6.45) is -2.53. The largest absolute Gasteiger partial charge is 0.493 e. The van der Waals surface area contributed by atoms with Gasteiger partial charge < -0.3 is 4.74 Å². The molecule has 0 bridgehead atoms. The highest BCUT2D eigenvalue weighted by Crippen LogP contribution is 2.44. The number of rotatable bonds is 5. The van der Waals surface area contributed by atoms with E-state index in [2.05, 4.69) is 14.7 Å². The third kappa shape index (κ3) is 5.17. The van der Waals surface area contributed by atoms with E-state index >= 15 is 0 Å². The van der Waals surface area contributed by atoms with E-state index in [1.165, 1.54) is 48.5 Å². The van der Waals surface area contributed by atoms with E-state index < -0.39 is 39.3 Å². The van der Waals surface area contributed by atoms with Crippen molar-refractivity contribution in [1.29, 1.82) is 0 Å². The van der Waals surface area contributed by atoms with Crippen molar-refractivity contribution >= 4 is 16.0 Å². The SMILES string of the molecule is O=S(=O)(Nc1ncc(F)cn1)c1ccc2c(c1)OCCC2c1ccc(C(F)(F)F)cc1-c1ccc(F)cc1. The maximum atomic E-state index is 13.5. The molecular formula is C26H18F5N3O3S. The number of sulfonamides is 1. The first-order valence-corrected chi connectivity index (χ1v) is 12.7. The summed E-state index contributed by atoms with van der Waals surface area (Å²) in [6, 6.07) is 12.7. The van der Waals surface area contributed by atoms with Crippen LogP contribution >= 0.6 is 0 Å². The van der Waals surface area contributed by atoms with Gasteiger partial charge in [-0.15, -0.1) is 0 Å². The fraction of sp³-hybridized carbons (Fsp3) is 0.154. The number of nitrogens with one attached hydrogen (secondary N) is 1. The maximum absolute atomic E-state index is 13.5. The Bertz CT molecular complexity index is 1590. The van der Waals surface area contributed by atoms with Crippen molar-refractivity contribution in [1.82, 2.24) is 9.97 Å². The van der Waals surface area contributed by atoms with Crippen LogP contribution in [0.5, 0.6) is 5.75 Å². The predicted molar refractivity (Wildman–Crippen MR) is 128 cm³/mol. The van der Waals surface area contributed by atoms with Crippen LogP contribution in [-0.4, -0.2) is 25.0 Å². The molecule has 0 aliphatic carbocycles. The number of anilines is 1. The van der Waals surface area contributed by atoms with Gasteiger partial charge >= 0.3 is 6.18 Å². The van der Waals surface area contributed by atoms with Crippen LogP contribution in [0.15, 0.2) is 78.0 Å². The number of nitrogens with zero attached hydrogens (tertiary/aromatic N) is 2. The van der Waals surface area contributed by atoms with Crippen LogP contribution in [0.2, 0.25) is 0 Å². The van der Waals surface area contributed by atoms with Crippen molar-refractivity contribution in [3.8, 4) is 16.9 Å². The molecule has 1 aromatic heterocycles. The van der Waals surface area contributed by atoms with Crippen LogP contribution in [0.25, 0.3) is 11.1 Å². The van der Waals surface area contributed by atoms with Gasteiger partial charge in [-0.25, -0.2) is 31.9 Å². The van der Waals surface area contributed by atoms with Crippen LogP contribution < -0.4 is 9.46 Å². The molecule has 0 amide bonds. The highest BCUT2D eigenvalue weighted by Gasteiger charge is 2.33. The number of benzene rings is 3. The molecule has 1 unspecified atom stereocenters.